The third-order valence-electron chi connectivity index (χ3n) is 5.59. The van der Waals surface area contributed by atoms with Crippen molar-refractivity contribution in [3.63, 3.8) is 0 Å². The number of benzene rings is 2. The van der Waals surface area contributed by atoms with Crippen LogP contribution in [0.2, 0.25) is 0 Å². The molecule has 0 saturated heterocycles. The number of carbonyl (C=O) groups excluding carboxylic acids is 1. The average Bonchev–Trinajstić information content (AvgIpc) is 3.02. The van der Waals surface area contributed by atoms with E-state index in [0.29, 0.717) is 23.1 Å². The van der Waals surface area contributed by atoms with Gasteiger partial charge in [0.05, 0.1) is 17.0 Å². The van der Waals surface area contributed by atoms with Crippen LogP contribution < -0.4 is 5.43 Å². The van der Waals surface area contributed by atoms with Gasteiger partial charge in [-0.1, -0.05) is 42.5 Å². The molecule has 3 heterocycles. The van der Waals surface area contributed by atoms with Crippen LogP contribution in [0.1, 0.15) is 44.4 Å². The maximum absolute atomic E-state index is 13.6. The number of carbonyl (C=O) groups is 1. The first-order valence-corrected chi connectivity index (χ1v) is 9.87. The fourth-order valence-electron chi connectivity index (χ4n) is 4.31. The van der Waals surface area contributed by atoms with Crippen molar-refractivity contribution in [3.05, 3.63) is 111 Å². The van der Waals surface area contributed by atoms with E-state index in [9.17, 15) is 9.59 Å². The lowest BCUT2D eigenvalue weighted by atomic mass is 9.97. The second-order valence-electron chi connectivity index (χ2n) is 7.74. The number of aryl methyl sites for hydroxylation is 2. The summed E-state index contributed by atoms with van der Waals surface area (Å²) in [5.74, 6) is -0.140. The van der Waals surface area contributed by atoms with Gasteiger partial charge in [-0.3, -0.25) is 14.6 Å². The number of fused-ring (bicyclic) bond motifs is 2. The van der Waals surface area contributed by atoms with E-state index in [1.807, 2.05) is 68.4 Å². The number of hydrogen-bond donors (Lipinski definition) is 0. The Morgan fingerprint density at radius 2 is 1.83 bits per heavy atom. The minimum Gasteiger partial charge on any atom is -0.450 e. The Morgan fingerprint density at radius 3 is 2.57 bits per heavy atom. The predicted octanol–water partition coefficient (Wildman–Crippen LogP) is 4.55. The predicted molar refractivity (Wildman–Crippen MR) is 114 cm³/mol. The summed E-state index contributed by atoms with van der Waals surface area (Å²) in [5, 5.41) is 0.517. The van der Waals surface area contributed by atoms with Crippen LogP contribution in [0.3, 0.4) is 0 Å². The molecule has 0 radical (unpaired) electrons. The van der Waals surface area contributed by atoms with E-state index in [4.69, 9.17) is 4.42 Å². The molecular formula is C25H20N2O3. The number of nitrogens with zero attached hydrogens (tertiary/aromatic N) is 2. The minimum atomic E-state index is -0.504. The Hall–Kier alpha value is -3.73. The van der Waals surface area contributed by atoms with Crippen LogP contribution in [0, 0.1) is 13.8 Å². The topological polar surface area (TPSA) is 63.4 Å². The molecule has 148 valence electrons. The van der Waals surface area contributed by atoms with Gasteiger partial charge < -0.3 is 9.32 Å². The molecule has 0 saturated carbocycles. The van der Waals surface area contributed by atoms with Gasteiger partial charge in [-0.25, -0.2) is 0 Å². The molecule has 5 heteroatoms. The lowest BCUT2D eigenvalue weighted by Gasteiger charge is -2.25. The van der Waals surface area contributed by atoms with Crippen molar-refractivity contribution in [1.82, 2.24) is 9.88 Å². The molecule has 1 unspecified atom stereocenters. The Labute approximate surface area is 173 Å². The second kappa shape index (κ2) is 6.95. The highest BCUT2D eigenvalue weighted by Gasteiger charge is 2.42. The van der Waals surface area contributed by atoms with Crippen LogP contribution in [0.5, 0.6) is 0 Å². The third-order valence-corrected chi connectivity index (χ3v) is 5.59. The number of hydrogen-bond acceptors (Lipinski definition) is 4. The van der Waals surface area contributed by atoms with Crippen LogP contribution in [0.25, 0.3) is 11.0 Å². The molecule has 1 aliphatic rings. The quantitative estimate of drug-likeness (QED) is 0.510. The van der Waals surface area contributed by atoms with Gasteiger partial charge in [0, 0.05) is 18.9 Å². The van der Waals surface area contributed by atoms with Gasteiger partial charge in [0.15, 0.2) is 5.43 Å². The van der Waals surface area contributed by atoms with Gasteiger partial charge >= 0.3 is 0 Å². The van der Waals surface area contributed by atoms with Crippen molar-refractivity contribution < 1.29 is 9.21 Å². The highest BCUT2D eigenvalue weighted by molar-refractivity contribution is 5.99. The van der Waals surface area contributed by atoms with Crippen molar-refractivity contribution in [1.29, 1.82) is 0 Å². The Balaban J connectivity index is 1.76. The van der Waals surface area contributed by atoms with E-state index >= 15 is 0 Å². The highest BCUT2D eigenvalue weighted by Crippen LogP contribution is 2.39. The number of rotatable bonds is 3. The lowest BCUT2D eigenvalue weighted by Crippen LogP contribution is -2.29. The summed E-state index contributed by atoms with van der Waals surface area (Å²) in [6.07, 6.45) is 3.43. The first-order chi connectivity index (χ1) is 14.5. The van der Waals surface area contributed by atoms with E-state index in [0.717, 1.165) is 22.3 Å². The standard InChI is InChI=1S/C25H20N2O3/c1-15-11-16(2)23-19(12-15)22(28)20-21(18-8-4-3-5-9-18)27(25(29)24(20)30-23)14-17-7-6-10-26-13-17/h3-13,21H,14H2,1-2H3. The van der Waals surface area contributed by atoms with Crippen LogP contribution in [-0.2, 0) is 6.54 Å². The van der Waals surface area contributed by atoms with Crippen molar-refractivity contribution in [2.24, 2.45) is 0 Å². The zero-order chi connectivity index (χ0) is 20.8. The number of amides is 1. The SMILES string of the molecule is Cc1cc(C)c2oc3c(c(=O)c2c1)C(c1ccccc1)N(Cc1cccnc1)C3=O. The summed E-state index contributed by atoms with van der Waals surface area (Å²) in [5.41, 5.74) is 4.35. The monoisotopic (exact) mass is 396 g/mol. The van der Waals surface area contributed by atoms with Crippen molar-refractivity contribution in [2.45, 2.75) is 26.4 Å². The average molecular weight is 396 g/mol. The van der Waals surface area contributed by atoms with Crippen LogP contribution >= 0.6 is 0 Å². The largest absolute Gasteiger partial charge is 0.450 e. The molecule has 1 amide bonds. The number of aromatic nitrogens is 1. The van der Waals surface area contributed by atoms with Crippen LogP contribution in [0.15, 0.2) is 76.2 Å². The molecule has 5 nitrogen and oxygen atoms in total. The Kier molecular flexibility index (Phi) is 4.24. The van der Waals surface area contributed by atoms with E-state index in [1.54, 1.807) is 17.3 Å². The zero-order valence-electron chi connectivity index (χ0n) is 16.8. The molecule has 0 N–H and O–H groups in total. The molecule has 1 atom stereocenters. The third kappa shape index (κ3) is 2.82. The lowest BCUT2D eigenvalue weighted by molar-refractivity contribution is 0.0714. The summed E-state index contributed by atoms with van der Waals surface area (Å²) in [4.78, 5) is 32.9. The zero-order valence-corrected chi connectivity index (χ0v) is 16.8. The molecular weight excluding hydrogens is 376 g/mol. The second-order valence-corrected chi connectivity index (χ2v) is 7.74. The van der Waals surface area contributed by atoms with Gasteiger partial charge in [-0.2, -0.15) is 0 Å². The van der Waals surface area contributed by atoms with E-state index in [2.05, 4.69) is 4.98 Å². The maximum Gasteiger partial charge on any atom is 0.291 e. The summed E-state index contributed by atoms with van der Waals surface area (Å²) in [6, 6.07) is 16.7. The molecule has 0 aliphatic carbocycles. The summed E-state index contributed by atoms with van der Waals surface area (Å²) >= 11 is 0. The number of pyridine rings is 1. The minimum absolute atomic E-state index is 0.136. The molecule has 5 rings (SSSR count). The first-order valence-electron chi connectivity index (χ1n) is 9.87. The molecule has 2 aromatic heterocycles. The Bertz CT molecular complexity index is 1330. The van der Waals surface area contributed by atoms with Crippen molar-refractivity contribution in [2.75, 3.05) is 0 Å². The normalized spacial score (nSPS) is 15.6. The molecule has 30 heavy (non-hydrogen) atoms. The summed E-state index contributed by atoms with van der Waals surface area (Å²) < 4.78 is 6.10. The maximum atomic E-state index is 13.6. The fourth-order valence-corrected chi connectivity index (χ4v) is 4.31. The smallest absolute Gasteiger partial charge is 0.291 e. The first kappa shape index (κ1) is 18.3. The highest BCUT2D eigenvalue weighted by atomic mass is 16.3. The molecule has 2 aromatic carbocycles. The molecule has 0 fully saturated rings. The van der Waals surface area contributed by atoms with Crippen molar-refractivity contribution in [3.8, 4) is 0 Å². The molecule has 4 aromatic rings. The summed E-state index contributed by atoms with van der Waals surface area (Å²) in [6.45, 7) is 4.18. The molecule has 0 spiro atoms. The molecule has 1 aliphatic heterocycles. The van der Waals surface area contributed by atoms with E-state index in [1.165, 1.54) is 0 Å². The van der Waals surface area contributed by atoms with E-state index in [-0.39, 0.29) is 17.1 Å². The van der Waals surface area contributed by atoms with Gasteiger partial charge in [-0.15, -0.1) is 0 Å². The van der Waals surface area contributed by atoms with Gasteiger partial charge in [0.2, 0.25) is 5.76 Å². The Morgan fingerprint density at radius 1 is 1.03 bits per heavy atom. The van der Waals surface area contributed by atoms with Gasteiger partial charge in [0.1, 0.15) is 5.58 Å². The van der Waals surface area contributed by atoms with E-state index < -0.39 is 6.04 Å². The van der Waals surface area contributed by atoms with Crippen molar-refractivity contribution >= 4 is 16.9 Å². The van der Waals surface area contributed by atoms with Crippen LogP contribution in [0.4, 0.5) is 0 Å². The van der Waals surface area contributed by atoms with Crippen LogP contribution in [-0.4, -0.2) is 15.8 Å². The summed E-state index contributed by atoms with van der Waals surface area (Å²) in [7, 11) is 0. The fraction of sp³-hybridized carbons (Fsp3) is 0.160. The molecule has 0 bridgehead atoms. The van der Waals surface area contributed by atoms with Gasteiger partial charge in [0.25, 0.3) is 5.91 Å². The van der Waals surface area contributed by atoms with Gasteiger partial charge in [-0.05, 0) is 48.2 Å².